The second kappa shape index (κ2) is 8.25. The highest BCUT2D eigenvalue weighted by Gasteiger charge is 2.17. The molecule has 0 aliphatic rings. The van der Waals surface area contributed by atoms with Crippen LogP contribution < -0.4 is 5.73 Å². The number of aliphatic hydroxyl groups is 1. The zero-order chi connectivity index (χ0) is 14.1. The summed E-state index contributed by atoms with van der Waals surface area (Å²) in [5, 5.41) is 9.02. The van der Waals surface area contributed by atoms with Gasteiger partial charge in [0.2, 0.25) is 0 Å². The standard InChI is InChI=1S/C14H19N3O2/c1-2-8-17(9-10-18)14(19)13-5-7-16-11-12(13)4-3-6-15/h5,7,11,18H,2,6,8-10,15H2,1H3. The van der Waals surface area contributed by atoms with E-state index in [4.69, 9.17) is 10.8 Å². The predicted molar refractivity (Wildman–Crippen MR) is 73.4 cm³/mol. The molecule has 102 valence electrons. The average molecular weight is 261 g/mol. The van der Waals surface area contributed by atoms with Gasteiger partial charge in [-0.2, -0.15) is 0 Å². The van der Waals surface area contributed by atoms with E-state index in [1.807, 2.05) is 6.92 Å². The van der Waals surface area contributed by atoms with Crippen molar-refractivity contribution in [1.29, 1.82) is 0 Å². The third-order valence-electron chi connectivity index (χ3n) is 2.53. The molecule has 5 heteroatoms. The topological polar surface area (TPSA) is 79.5 Å². The first-order chi connectivity index (χ1) is 9.24. The fraction of sp³-hybridized carbons (Fsp3) is 0.429. The molecule has 0 aliphatic carbocycles. The molecule has 0 aliphatic heterocycles. The van der Waals surface area contributed by atoms with Crippen LogP contribution in [0.1, 0.15) is 29.3 Å². The smallest absolute Gasteiger partial charge is 0.255 e. The number of carbonyl (C=O) groups is 1. The third-order valence-corrected chi connectivity index (χ3v) is 2.53. The largest absolute Gasteiger partial charge is 0.395 e. The van der Waals surface area contributed by atoms with Crippen LogP contribution in [0.2, 0.25) is 0 Å². The number of nitrogens with zero attached hydrogens (tertiary/aromatic N) is 2. The van der Waals surface area contributed by atoms with Crippen LogP contribution in [0, 0.1) is 11.8 Å². The molecule has 1 aromatic rings. The maximum atomic E-state index is 12.4. The van der Waals surface area contributed by atoms with Crippen LogP contribution >= 0.6 is 0 Å². The normalized spacial score (nSPS) is 9.63. The Morgan fingerprint density at radius 2 is 2.32 bits per heavy atom. The summed E-state index contributed by atoms with van der Waals surface area (Å²) >= 11 is 0. The Morgan fingerprint density at radius 3 is 2.95 bits per heavy atom. The maximum Gasteiger partial charge on any atom is 0.255 e. The average Bonchev–Trinajstić information content (AvgIpc) is 2.44. The van der Waals surface area contributed by atoms with E-state index < -0.39 is 0 Å². The summed E-state index contributed by atoms with van der Waals surface area (Å²) in [6.45, 7) is 3.09. The number of aliphatic hydroxyl groups excluding tert-OH is 1. The van der Waals surface area contributed by atoms with E-state index in [2.05, 4.69) is 16.8 Å². The van der Waals surface area contributed by atoms with Crippen LogP contribution in [0.25, 0.3) is 0 Å². The van der Waals surface area contributed by atoms with E-state index in [0.717, 1.165) is 6.42 Å². The molecule has 0 bridgehead atoms. The lowest BCUT2D eigenvalue weighted by Gasteiger charge is -2.21. The lowest BCUT2D eigenvalue weighted by Crippen LogP contribution is -2.34. The van der Waals surface area contributed by atoms with Crippen molar-refractivity contribution in [3.63, 3.8) is 0 Å². The highest BCUT2D eigenvalue weighted by Crippen LogP contribution is 2.10. The van der Waals surface area contributed by atoms with Crippen molar-refractivity contribution in [3.8, 4) is 11.8 Å². The van der Waals surface area contributed by atoms with Crippen LogP contribution in [0.5, 0.6) is 0 Å². The summed E-state index contributed by atoms with van der Waals surface area (Å²) in [5.41, 5.74) is 6.40. The third kappa shape index (κ3) is 4.36. The van der Waals surface area contributed by atoms with Crippen molar-refractivity contribution in [2.75, 3.05) is 26.2 Å². The van der Waals surface area contributed by atoms with E-state index >= 15 is 0 Å². The van der Waals surface area contributed by atoms with Crippen LogP contribution in [0.3, 0.4) is 0 Å². The molecule has 0 unspecified atom stereocenters. The minimum atomic E-state index is -0.139. The lowest BCUT2D eigenvalue weighted by molar-refractivity contribution is 0.0721. The van der Waals surface area contributed by atoms with Crippen molar-refractivity contribution in [2.24, 2.45) is 5.73 Å². The molecule has 5 nitrogen and oxygen atoms in total. The molecule has 0 fully saturated rings. The molecule has 0 saturated carbocycles. The van der Waals surface area contributed by atoms with Gasteiger partial charge in [-0.05, 0) is 12.5 Å². The van der Waals surface area contributed by atoms with Crippen molar-refractivity contribution >= 4 is 5.91 Å². The fourth-order valence-corrected chi connectivity index (χ4v) is 1.70. The SMILES string of the molecule is CCCN(CCO)C(=O)c1ccncc1C#CCN. The van der Waals surface area contributed by atoms with Crippen molar-refractivity contribution < 1.29 is 9.90 Å². The lowest BCUT2D eigenvalue weighted by atomic mass is 10.1. The second-order valence-corrected chi connectivity index (χ2v) is 3.94. The molecular formula is C14H19N3O2. The maximum absolute atomic E-state index is 12.4. The molecule has 1 amide bonds. The second-order valence-electron chi connectivity index (χ2n) is 3.94. The van der Waals surface area contributed by atoms with Gasteiger partial charge in [0.15, 0.2) is 0 Å². The molecule has 3 N–H and O–H groups in total. The van der Waals surface area contributed by atoms with Gasteiger partial charge in [-0.25, -0.2) is 0 Å². The van der Waals surface area contributed by atoms with Crippen molar-refractivity contribution in [3.05, 3.63) is 29.6 Å². The Labute approximate surface area is 113 Å². The number of hydrogen-bond donors (Lipinski definition) is 2. The summed E-state index contributed by atoms with van der Waals surface area (Å²) in [5.74, 6) is 5.43. The van der Waals surface area contributed by atoms with Crippen LogP contribution in [-0.2, 0) is 0 Å². The van der Waals surface area contributed by atoms with Gasteiger partial charge in [-0.15, -0.1) is 0 Å². The number of rotatable bonds is 5. The van der Waals surface area contributed by atoms with Gasteiger partial charge in [-0.3, -0.25) is 9.78 Å². The molecule has 1 rings (SSSR count). The summed E-state index contributed by atoms with van der Waals surface area (Å²) < 4.78 is 0. The predicted octanol–water partition coefficient (Wildman–Crippen LogP) is 0.236. The van der Waals surface area contributed by atoms with Gasteiger partial charge < -0.3 is 15.7 Å². The molecule has 19 heavy (non-hydrogen) atoms. The number of nitrogens with two attached hydrogens (primary N) is 1. The first-order valence-corrected chi connectivity index (χ1v) is 6.27. The fourth-order valence-electron chi connectivity index (χ4n) is 1.70. The Kier molecular flexibility index (Phi) is 6.58. The molecule has 0 spiro atoms. The Balaban J connectivity index is 3.03. The van der Waals surface area contributed by atoms with Crippen molar-refractivity contribution in [1.82, 2.24) is 9.88 Å². The minimum Gasteiger partial charge on any atom is -0.395 e. The molecular weight excluding hydrogens is 242 g/mol. The Morgan fingerprint density at radius 1 is 1.53 bits per heavy atom. The van der Waals surface area contributed by atoms with Gasteiger partial charge in [0.1, 0.15) is 0 Å². The van der Waals surface area contributed by atoms with Gasteiger partial charge in [-0.1, -0.05) is 18.8 Å². The van der Waals surface area contributed by atoms with E-state index in [9.17, 15) is 4.79 Å². The summed E-state index contributed by atoms with van der Waals surface area (Å²) in [4.78, 5) is 18.0. The van der Waals surface area contributed by atoms with Crippen molar-refractivity contribution in [2.45, 2.75) is 13.3 Å². The highest BCUT2D eigenvalue weighted by atomic mass is 16.3. The Bertz CT molecular complexity index is 471. The number of hydrogen-bond acceptors (Lipinski definition) is 4. The van der Waals surface area contributed by atoms with E-state index in [1.54, 1.807) is 23.4 Å². The number of carbonyl (C=O) groups excluding carboxylic acids is 1. The quantitative estimate of drug-likeness (QED) is 0.744. The first-order valence-electron chi connectivity index (χ1n) is 6.27. The molecule has 0 saturated heterocycles. The zero-order valence-electron chi connectivity index (χ0n) is 11.1. The molecule has 1 heterocycles. The van der Waals surface area contributed by atoms with Crippen LogP contribution in [-0.4, -0.2) is 47.1 Å². The van der Waals surface area contributed by atoms with E-state index in [-0.39, 0.29) is 19.1 Å². The van der Waals surface area contributed by atoms with E-state index in [1.165, 1.54) is 0 Å². The minimum absolute atomic E-state index is 0.0549. The highest BCUT2D eigenvalue weighted by molar-refractivity contribution is 5.96. The van der Waals surface area contributed by atoms with Crippen LogP contribution in [0.4, 0.5) is 0 Å². The van der Waals surface area contributed by atoms with E-state index in [0.29, 0.717) is 24.2 Å². The molecule has 0 aromatic carbocycles. The zero-order valence-corrected chi connectivity index (χ0v) is 11.1. The van der Waals surface area contributed by atoms with Gasteiger partial charge in [0, 0.05) is 25.5 Å². The Hall–Kier alpha value is -1.90. The van der Waals surface area contributed by atoms with Gasteiger partial charge >= 0.3 is 0 Å². The summed E-state index contributed by atoms with van der Waals surface area (Å²) in [6.07, 6.45) is 3.95. The van der Waals surface area contributed by atoms with Gasteiger partial charge in [0.25, 0.3) is 5.91 Å². The van der Waals surface area contributed by atoms with Crippen LogP contribution in [0.15, 0.2) is 18.5 Å². The number of pyridine rings is 1. The van der Waals surface area contributed by atoms with Gasteiger partial charge in [0.05, 0.1) is 24.3 Å². The molecule has 0 radical (unpaired) electrons. The first kappa shape index (κ1) is 15.2. The summed E-state index contributed by atoms with van der Waals surface area (Å²) in [7, 11) is 0. The molecule has 0 atom stereocenters. The summed E-state index contributed by atoms with van der Waals surface area (Å²) in [6, 6.07) is 1.64. The monoisotopic (exact) mass is 261 g/mol. The number of aromatic nitrogens is 1. The number of amides is 1. The molecule has 1 aromatic heterocycles.